The molecule has 0 saturated carbocycles. The number of fused-ring (bicyclic) bond motifs is 1. The summed E-state index contributed by atoms with van der Waals surface area (Å²) >= 11 is 0. The zero-order valence-electron chi connectivity index (χ0n) is 12.7. The van der Waals surface area contributed by atoms with Crippen molar-refractivity contribution < 1.29 is 19.0 Å². The summed E-state index contributed by atoms with van der Waals surface area (Å²) < 4.78 is 16.1. The quantitative estimate of drug-likeness (QED) is 0.811. The molecule has 0 spiro atoms. The molecule has 2 aromatic carbocycles. The van der Waals surface area contributed by atoms with Gasteiger partial charge in [-0.25, -0.2) is 0 Å². The molecule has 1 aliphatic rings. The van der Waals surface area contributed by atoms with E-state index in [0.29, 0.717) is 22.8 Å². The van der Waals surface area contributed by atoms with Gasteiger partial charge in [-0.2, -0.15) is 0 Å². The zero-order chi connectivity index (χ0) is 15.7. The van der Waals surface area contributed by atoms with E-state index in [2.05, 4.69) is 0 Å². The fourth-order valence-corrected chi connectivity index (χ4v) is 2.48. The second kappa shape index (κ2) is 5.56. The molecule has 0 saturated heterocycles. The lowest BCUT2D eigenvalue weighted by Crippen LogP contribution is -1.99. The summed E-state index contributed by atoms with van der Waals surface area (Å²) in [6, 6.07) is 11.0. The van der Waals surface area contributed by atoms with E-state index in [1.807, 2.05) is 37.3 Å². The average molecular weight is 296 g/mol. The summed E-state index contributed by atoms with van der Waals surface area (Å²) in [5.41, 5.74) is 2.28. The van der Waals surface area contributed by atoms with Crippen molar-refractivity contribution in [2.45, 2.75) is 6.92 Å². The molecule has 0 bridgehead atoms. The molecule has 22 heavy (non-hydrogen) atoms. The van der Waals surface area contributed by atoms with Gasteiger partial charge in [0.15, 0.2) is 5.76 Å². The molecule has 112 valence electrons. The van der Waals surface area contributed by atoms with Crippen molar-refractivity contribution in [1.82, 2.24) is 0 Å². The maximum atomic E-state index is 12.5. The molecule has 3 rings (SSSR count). The number of carbonyl (C=O) groups excluding carboxylic acids is 1. The van der Waals surface area contributed by atoms with Crippen LogP contribution in [0.3, 0.4) is 0 Å². The Bertz CT molecular complexity index is 775. The smallest absolute Gasteiger partial charge is 0.232 e. The second-order valence-corrected chi connectivity index (χ2v) is 5.03. The lowest BCUT2D eigenvalue weighted by molar-refractivity contribution is 0.101. The molecule has 0 aromatic heterocycles. The van der Waals surface area contributed by atoms with Gasteiger partial charge in [0.05, 0.1) is 19.8 Å². The molecule has 1 aliphatic heterocycles. The minimum Gasteiger partial charge on any atom is -0.497 e. The number of methoxy groups -OCH3 is 2. The Morgan fingerprint density at radius 2 is 1.82 bits per heavy atom. The van der Waals surface area contributed by atoms with Crippen LogP contribution in [0.5, 0.6) is 17.2 Å². The van der Waals surface area contributed by atoms with Crippen LogP contribution < -0.4 is 14.2 Å². The van der Waals surface area contributed by atoms with Crippen LogP contribution in [-0.4, -0.2) is 20.0 Å². The predicted molar refractivity (Wildman–Crippen MR) is 83.7 cm³/mol. The third-order valence-corrected chi connectivity index (χ3v) is 3.57. The molecular formula is C18H16O4. The van der Waals surface area contributed by atoms with E-state index < -0.39 is 0 Å². The Kier molecular flexibility index (Phi) is 3.59. The van der Waals surface area contributed by atoms with Crippen LogP contribution in [0.4, 0.5) is 0 Å². The number of ketones is 1. The third kappa shape index (κ3) is 2.44. The number of hydrogen-bond donors (Lipinski definition) is 0. The summed E-state index contributed by atoms with van der Waals surface area (Å²) in [6.45, 7) is 1.87. The van der Waals surface area contributed by atoms with Gasteiger partial charge < -0.3 is 14.2 Å². The standard InChI is InChI=1S/C18H16O4/c1-11-7-14(21-3)10-15-17(11)18(19)16(22-15)9-12-5-4-6-13(8-12)20-2/h4-10H,1-3H3/b16-9-. The van der Waals surface area contributed by atoms with Crippen LogP contribution in [0.25, 0.3) is 6.08 Å². The van der Waals surface area contributed by atoms with Gasteiger partial charge in [0.2, 0.25) is 5.78 Å². The molecule has 0 N–H and O–H groups in total. The first kappa shape index (κ1) is 14.2. The average Bonchev–Trinajstić information content (AvgIpc) is 2.84. The normalized spacial score (nSPS) is 14.7. The molecule has 1 heterocycles. The Balaban J connectivity index is 1.99. The Morgan fingerprint density at radius 1 is 1.05 bits per heavy atom. The van der Waals surface area contributed by atoms with Crippen molar-refractivity contribution in [3.63, 3.8) is 0 Å². The molecule has 0 fully saturated rings. The maximum absolute atomic E-state index is 12.5. The first-order chi connectivity index (χ1) is 10.6. The number of benzene rings is 2. The number of allylic oxidation sites excluding steroid dienone is 1. The lowest BCUT2D eigenvalue weighted by atomic mass is 10.0. The van der Waals surface area contributed by atoms with Crippen molar-refractivity contribution in [3.8, 4) is 17.2 Å². The molecule has 0 radical (unpaired) electrons. The van der Waals surface area contributed by atoms with Crippen LogP contribution in [0.2, 0.25) is 0 Å². The molecule has 0 atom stereocenters. The van der Waals surface area contributed by atoms with E-state index in [-0.39, 0.29) is 5.78 Å². The van der Waals surface area contributed by atoms with E-state index in [0.717, 1.165) is 16.9 Å². The number of rotatable bonds is 3. The topological polar surface area (TPSA) is 44.8 Å². The van der Waals surface area contributed by atoms with E-state index in [4.69, 9.17) is 14.2 Å². The Morgan fingerprint density at radius 3 is 2.55 bits per heavy atom. The highest BCUT2D eigenvalue weighted by atomic mass is 16.5. The Hall–Kier alpha value is -2.75. The van der Waals surface area contributed by atoms with Crippen molar-refractivity contribution in [1.29, 1.82) is 0 Å². The van der Waals surface area contributed by atoms with E-state index in [1.165, 1.54) is 0 Å². The van der Waals surface area contributed by atoms with E-state index in [1.54, 1.807) is 26.4 Å². The van der Waals surface area contributed by atoms with E-state index >= 15 is 0 Å². The largest absolute Gasteiger partial charge is 0.497 e. The highest BCUT2D eigenvalue weighted by Gasteiger charge is 2.29. The molecule has 2 aromatic rings. The van der Waals surface area contributed by atoms with Crippen molar-refractivity contribution >= 4 is 11.9 Å². The van der Waals surface area contributed by atoms with Gasteiger partial charge in [-0.15, -0.1) is 0 Å². The molecule has 4 heteroatoms. The van der Waals surface area contributed by atoms with Crippen LogP contribution >= 0.6 is 0 Å². The summed E-state index contributed by atoms with van der Waals surface area (Å²) in [4.78, 5) is 12.5. The highest BCUT2D eigenvalue weighted by molar-refractivity contribution is 6.15. The second-order valence-electron chi connectivity index (χ2n) is 5.03. The lowest BCUT2D eigenvalue weighted by Gasteiger charge is -2.04. The molecule has 0 unspecified atom stereocenters. The Labute approximate surface area is 128 Å². The summed E-state index contributed by atoms with van der Waals surface area (Å²) in [6.07, 6.45) is 1.72. The molecular weight excluding hydrogens is 280 g/mol. The van der Waals surface area contributed by atoms with Gasteiger partial charge in [-0.3, -0.25) is 4.79 Å². The van der Waals surface area contributed by atoms with Gasteiger partial charge in [0.25, 0.3) is 0 Å². The number of ether oxygens (including phenoxy) is 3. The number of aryl methyl sites for hydroxylation is 1. The van der Waals surface area contributed by atoms with Crippen molar-refractivity contribution in [2.75, 3.05) is 14.2 Å². The minimum atomic E-state index is -0.113. The van der Waals surface area contributed by atoms with Crippen LogP contribution in [-0.2, 0) is 0 Å². The molecule has 4 nitrogen and oxygen atoms in total. The first-order valence-corrected chi connectivity index (χ1v) is 6.89. The SMILES string of the molecule is COc1cccc(/C=C2\Oc3cc(OC)cc(C)c3C2=O)c1. The van der Waals surface area contributed by atoms with Crippen LogP contribution in [0.1, 0.15) is 21.5 Å². The van der Waals surface area contributed by atoms with Crippen molar-refractivity contribution in [3.05, 3.63) is 58.8 Å². The number of Topliss-reactive ketones (excluding diaryl/α,β-unsaturated/α-hetero) is 1. The van der Waals surface area contributed by atoms with Gasteiger partial charge in [0.1, 0.15) is 17.2 Å². The van der Waals surface area contributed by atoms with Crippen molar-refractivity contribution in [2.24, 2.45) is 0 Å². The third-order valence-electron chi connectivity index (χ3n) is 3.57. The van der Waals surface area contributed by atoms with Gasteiger partial charge >= 0.3 is 0 Å². The highest BCUT2D eigenvalue weighted by Crippen LogP contribution is 2.37. The zero-order valence-corrected chi connectivity index (χ0v) is 12.7. The summed E-state index contributed by atoms with van der Waals surface area (Å²) in [5.74, 6) is 2.13. The minimum absolute atomic E-state index is 0.113. The van der Waals surface area contributed by atoms with Crippen LogP contribution in [0.15, 0.2) is 42.2 Å². The predicted octanol–water partition coefficient (Wildman–Crippen LogP) is 3.63. The molecule has 0 aliphatic carbocycles. The first-order valence-electron chi connectivity index (χ1n) is 6.89. The fraction of sp³-hybridized carbons (Fsp3) is 0.167. The van der Waals surface area contributed by atoms with Crippen LogP contribution in [0, 0.1) is 6.92 Å². The molecule has 0 amide bonds. The maximum Gasteiger partial charge on any atom is 0.232 e. The van der Waals surface area contributed by atoms with Gasteiger partial charge in [0, 0.05) is 6.07 Å². The van der Waals surface area contributed by atoms with Gasteiger partial charge in [-0.05, 0) is 42.3 Å². The number of hydrogen-bond acceptors (Lipinski definition) is 4. The fourth-order valence-electron chi connectivity index (χ4n) is 2.48. The summed E-state index contributed by atoms with van der Waals surface area (Å²) in [7, 11) is 3.19. The van der Waals surface area contributed by atoms with Gasteiger partial charge in [-0.1, -0.05) is 12.1 Å². The van der Waals surface area contributed by atoms with E-state index in [9.17, 15) is 4.79 Å². The number of carbonyl (C=O) groups is 1. The monoisotopic (exact) mass is 296 g/mol. The summed E-state index contributed by atoms with van der Waals surface area (Å²) in [5, 5.41) is 0.